The number of nitrogens with zero attached hydrogens (tertiary/aromatic N) is 1. The summed E-state index contributed by atoms with van der Waals surface area (Å²) in [5, 5.41) is 12.9. The van der Waals surface area contributed by atoms with Gasteiger partial charge in [0.1, 0.15) is 0 Å². The van der Waals surface area contributed by atoms with Crippen LogP contribution in [0, 0.1) is 17.8 Å². The predicted molar refractivity (Wildman–Crippen MR) is 88.2 cm³/mol. The van der Waals surface area contributed by atoms with Crippen molar-refractivity contribution in [3.8, 4) is 0 Å². The molecular formula is C17H23BrN2O2. The quantitative estimate of drug-likeness (QED) is 0.860. The van der Waals surface area contributed by atoms with Crippen molar-refractivity contribution in [1.29, 1.82) is 0 Å². The Hall–Kier alpha value is -0.940. The van der Waals surface area contributed by atoms with E-state index in [2.05, 4.69) is 26.2 Å². The zero-order valence-electron chi connectivity index (χ0n) is 12.7. The average molecular weight is 367 g/mol. The van der Waals surface area contributed by atoms with Crippen LogP contribution in [0.3, 0.4) is 0 Å². The maximum absolute atomic E-state index is 12.4. The molecule has 1 aromatic rings. The van der Waals surface area contributed by atoms with E-state index in [4.69, 9.17) is 0 Å². The van der Waals surface area contributed by atoms with Crippen LogP contribution in [0.1, 0.15) is 37.7 Å². The molecule has 0 aliphatic heterocycles. The zero-order chi connectivity index (χ0) is 15.5. The molecule has 0 saturated heterocycles. The number of fused-ring (bicyclic) bond motifs is 2. The second-order valence-corrected chi connectivity index (χ2v) is 7.62. The zero-order valence-corrected chi connectivity index (χ0v) is 14.3. The molecule has 3 rings (SSSR count). The lowest BCUT2D eigenvalue weighted by Crippen LogP contribution is -2.40. The number of aromatic nitrogens is 1. The number of aliphatic hydroxyl groups is 1. The Labute approximate surface area is 139 Å². The highest BCUT2D eigenvalue weighted by molar-refractivity contribution is 9.10. The van der Waals surface area contributed by atoms with Gasteiger partial charge in [-0.1, -0.05) is 0 Å². The number of amides is 1. The normalized spacial score (nSPS) is 30.8. The van der Waals surface area contributed by atoms with E-state index in [0.717, 1.165) is 36.6 Å². The van der Waals surface area contributed by atoms with Crippen molar-refractivity contribution in [1.82, 2.24) is 10.3 Å². The van der Waals surface area contributed by atoms with E-state index in [-0.39, 0.29) is 17.9 Å². The van der Waals surface area contributed by atoms with Crippen molar-refractivity contribution in [2.24, 2.45) is 17.8 Å². The van der Waals surface area contributed by atoms with Crippen LogP contribution in [0.25, 0.3) is 0 Å². The summed E-state index contributed by atoms with van der Waals surface area (Å²) in [6.07, 6.45) is 9.07. The topological polar surface area (TPSA) is 62.2 Å². The van der Waals surface area contributed by atoms with Crippen molar-refractivity contribution in [3.63, 3.8) is 0 Å². The fourth-order valence-corrected chi connectivity index (χ4v) is 4.55. The van der Waals surface area contributed by atoms with Gasteiger partial charge in [0.2, 0.25) is 5.91 Å². The summed E-state index contributed by atoms with van der Waals surface area (Å²) in [7, 11) is 0. The summed E-state index contributed by atoms with van der Waals surface area (Å²) < 4.78 is 0.991. The van der Waals surface area contributed by atoms with Gasteiger partial charge in [-0.3, -0.25) is 9.78 Å². The third kappa shape index (κ3) is 3.87. The van der Waals surface area contributed by atoms with E-state index >= 15 is 0 Å². The van der Waals surface area contributed by atoms with Crippen LogP contribution in [-0.4, -0.2) is 28.6 Å². The van der Waals surface area contributed by atoms with Gasteiger partial charge in [0.15, 0.2) is 0 Å². The number of pyridine rings is 1. The molecule has 1 amide bonds. The van der Waals surface area contributed by atoms with Gasteiger partial charge < -0.3 is 10.4 Å². The van der Waals surface area contributed by atoms with E-state index in [1.807, 2.05) is 6.07 Å². The first-order chi connectivity index (χ1) is 10.6. The standard InChI is InChI=1S/C17H23BrN2O2/c18-16-10-19-3-1-13(16)2-4-20-17(22)14-6-11-5-12(7-14)9-15(21)8-11/h1,3,10-12,14-15,21H,2,4-9H2,(H,20,22)/t11-,12+,14?,15?. The highest BCUT2D eigenvalue weighted by Crippen LogP contribution is 2.42. The van der Waals surface area contributed by atoms with Crippen LogP contribution in [0.4, 0.5) is 0 Å². The number of rotatable bonds is 4. The van der Waals surface area contributed by atoms with Crippen LogP contribution in [0.15, 0.2) is 22.9 Å². The molecule has 0 spiro atoms. The molecule has 2 bridgehead atoms. The summed E-state index contributed by atoms with van der Waals surface area (Å²) in [5.74, 6) is 1.40. The van der Waals surface area contributed by atoms with Crippen molar-refractivity contribution in [2.75, 3.05) is 6.54 Å². The van der Waals surface area contributed by atoms with Crippen LogP contribution < -0.4 is 5.32 Å². The lowest BCUT2D eigenvalue weighted by molar-refractivity contribution is -0.128. The fraction of sp³-hybridized carbons (Fsp3) is 0.647. The summed E-state index contributed by atoms with van der Waals surface area (Å²) in [4.78, 5) is 16.4. The Balaban J connectivity index is 1.47. The molecule has 2 N–H and O–H groups in total. The van der Waals surface area contributed by atoms with Gasteiger partial charge >= 0.3 is 0 Å². The number of aliphatic hydroxyl groups excluding tert-OH is 1. The maximum atomic E-state index is 12.4. The minimum atomic E-state index is -0.142. The molecule has 2 saturated carbocycles. The number of hydrogen-bond acceptors (Lipinski definition) is 3. The molecule has 120 valence electrons. The van der Waals surface area contributed by atoms with Crippen LogP contribution in [-0.2, 0) is 11.2 Å². The Morgan fingerprint density at radius 3 is 2.68 bits per heavy atom. The third-order valence-corrected chi connectivity index (χ3v) is 5.75. The van der Waals surface area contributed by atoms with E-state index in [1.165, 1.54) is 12.0 Å². The van der Waals surface area contributed by atoms with Gasteiger partial charge in [-0.2, -0.15) is 0 Å². The molecule has 1 aromatic heterocycles. The third-order valence-electron chi connectivity index (χ3n) is 5.03. The molecule has 4 nitrogen and oxygen atoms in total. The van der Waals surface area contributed by atoms with Gasteiger partial charge in [0, 0.05) is 29.3 Å². The summed E-state index contributed by atoms with van der Waals surface area (Å²) >= 11 is 3.48. The minimum absolute atomic E-state index is 0.136. The molecule has 22 heavy (non-hydrogen) atoms. The highest BCUT2D eigenvalue weighted by atomic mass is 79.9. The van der Waals surface area contributed by atoms with Gasteiger partial charge in [0.05, 0.1) is 6.10 Å². The first-order valence-corrected chi connectivity index (χ1v) is 8.95. The second-order valence-electron chi connectivity index (χ2n) is 6.77. The molecule has 2 aliphatic rings. The second kappa shape index (κ2) is 7.09. The molecule has 0 aromatic carbocycles. The van der Waals surface area contributed by atoms with Crippen LogP contribution in [0.5, 0.6) is 0 Å². The predicted octanol–water partition coefficient (Wildman–Crippen LogP) is 2.69. The molecule has 2 fully saturated rings. The smallest absolute Gasteiger partial charge is 0.223 e. The number of halogens is 1. The molecule has 0 radical (unpaired) electrons. The van der Waals surface area contributed by atoms with E-state index in [1.54, 1.807) is 12.4 Å². The molecule has 2 unspecified atom stereocenters. The summed E-state index contributed by atoms with van der Waals surface area (Å²) in [6, 6.07) is 1.97. The molecule has 2 aliphatic carbocycles. The molecule has 1 heterocycles. The maximum Gasteiger partial charge on any atom is 0.223 e. The van der Waals surface area contributed by atoms with Gasteiger partial charge in [-0.25, -0.2) is 0 Å². The van der Waals surface area contributed by atoms with E-state index in [9.17, 15) is 9.90 Å². The summed E-state index contributed by atoms with van der Waals surface area (Å²) in [6.45, 7) is 0.663. The Morgan fingerprint density at radius 1 is 1.27 bits per heavy atom. The average Bonchev–Trinajstić information content (AvgIpc) is 2.47. The van der Waals surface area contributed by atoms with E-state index < -0.39 is 0 Å². The fourth-order valence-electron chi connectivity index (χ4n) is 4.10. The number of nitrogens with one attached hydrogen (secondary N) is 1. The van der Waals surface area contributed by atoms with Crippen molar-refractivity contribution >= 4 is 21.8 Å². The van der Waals surface area contributed by atoms with Crippen LogP contribution >= 0.6 is 15.9 Å². The van der Waals surface area contributed by atoms with Gasteiger partial charge in [-0.15, -0.1) is 0 Å². The van der Waals surface area contributed by atoms with Gasteiger partial charge in [-0.05, 0) is 77.9 Å². The molecular weight excluding hydrogens is 344 g/mol. The molecule has 4 atom stereocenters. The number of carbonyl (C=O) groups excluding carboxylic acids is 1. The van der Waals surface area contributed by atoms with Gasteiger partial charge in [0.25, 0.3) is 0 Å². The minimum Gasteiger partial charge on any atom is -0.393 e. The number of hydrogen-bond donors (Lipinski definition) is 2. The van der Waals surface area contributed by atoms with Crippen LogP contribution in [0.2, 0.25) is 0 Å². The lowest BCUT2D eigenvalue weighted by Gasteiger charge is -2.40. The lowest BCUT2D eigenvalue weighted by atomic mass is 9.67. The van der Waals surface area contributed by atoms with Crippen molar-refractivity contribution in [3.05, 3.63) is 28.5 Å². The molecule has 5 heteroatoms. The Kier molecular flexibility index (Phi) is 5.14. The van der Waals surface area contributed by atoms with Crippen molar-refractivity contribution in [2.45, 2.75) is 44.6 Å². The van der Waals surface area contributed by atoms with Crippen molar-refractivity contribution < 1.29 is 9.90 Å². The summed E-state index contributed by atoms with van der Waals surface area (Å²) in [5.41, 5.74) is 1.17. The highest BCUT2D eigenvalue weighted by Gasteiger charge is 2.37. The first-order valence-electron chi connectivity index (χ1n) is 8.16. The monoisotopic (exact) mass is 366 g/mol. The SMILES string of the molecule is O=C(NCCc1ccncc1Br)C1C[C@H]2CC(O)C[C@@H](C1)C2. The first kappa shape index (κ1) is 15.9. The van der Waals surface area contributed by atoms with E-state index in [0.29, 0.717) is 18.4 Å². The Bertz CT molecular complexity index is 519. The number of carbonyl (C=O) groups is 1. The largest absolute Gasteiger partial charge is 0.393 e. The Morgan fingerprint density at radius 2 is 2.00 bits per heavy atom.